The van der Waals surface area contributed by atoms with E-state index >= 15 is 0 Å². The molecule has 4 rings (SSSR count). The van der Waals surface area contributed by atoms with Gasteiger partial charge in [0, 0.05) is 25.1 Å². The van der Waals surface area contributed by atoms with Gasteiger partial charge in [0.15, 0.2) is 5.82 Å². The summed E-state index contributed by atoms with van der Waals surface area (Å²) in [5.41, 5.74) is 0.937. The first kappa shape index (κ1) is 18.6. The maximum absolute atomic E-state index is 13.0. The van der Waals surface area contributed by atoms with Gasteiger partial charge in [-0.3, -0.25) is 0 Å². The van der Waals surface area contributed by atoms with E-state index in [2.05, 4.69) is 10.1 Å². The zero-order valence-corrected chi connectivity index (χ0v) is 15.9. The maximum Gasteiger partial charge on any atom is 0.243 e. The fourth-order valence-electron chi connectivity index (χ4n) is 3.07. The van der Waals surface area contributed by atoms with Crippen LogP contribution in [0.4, 0.5) is 4.39 Å². The van der Waals surface area contributed by atoms with Gasteiger partial charge in [0.25, 0.3) is 0 Å². The summed E-state index contributed by atoms with van der Waals surface area (Å²) in [6.07, 6.45) is 0.456. The van der Waals surface area contributed by atoms with Crippen LogP contribution in [0.3, 0.4) is 0 Å². The minimum Gasteiger partial charge on any atom is -0.496 e. The SMILES string of the molecule is COc1ccccc1Cc1noc(C2CN(S(=O)(=O)c3ccc(F)cc3)C2)n1. The molecule has 1 saturated heterocycles. The molecule has 1 fully saturated rings. The van der Waals surface area contributed by atoms with Crippen molar-refractivity contribution in [1.29, 1.82) is 0 Å². The van der Waals surface area contributed by atoms with E-state index in [4.69, 9.17) is 9.26 Å². The molecule has 3 aromatic rings. The van der Waals surface area contributed by atoms with Gasteiger partial charge >= 0.3 is 0 Å². The summed E-state index contributed by atoms with van der Waals surface area (Å²) in [6.45, 7) is 0.492. The van der Waals surface area contributed by atoms with Crippen LogP contribution in [0.5, 0.6) is 5.75 Å². The number of ether oxygens (including phenoxy) is 1. The van der Waals surface area contributed by atoms with Crippen molar-refractivity contribution in [3.05, 3.63) is 71.6 Å². The number of benzene rings is 2. The molecule has 0 unspecified atom stereocenters. The molecule has 146 valence electrons. The molecule has 2 aromatic carbocycles. The number of hydrogen-bond donors (Lipinski definition) is 0. The lowest BCUT2D eigenvalue weighted by atomic mass is 10.0. The number of aromatic nitrogens is 2. The van der Waals surface area contributed by atoms with Gasteiger partial charge in [-0.2, -0.15) is 9.29 Å². The Kier molecular flexibility index (Phi) is 4.86. The van der Waals surface area contributed by atoms with E-state index in [1.54, 1.807) is 7.11 Å². The normalized spacial score (nSPS) is 15.4. The molecule has 0 amide bonds. The van der Waals surface area contributed by atoms with Gasteiger partial charge in [-0.1, -0.05) is 23.4 Å². The van der Waals surface area contributed by atoms with Gasteiger partial charge < -0.3 is 9.26 Å². The Morgan fingerprint density at radius 3 is 2.61 bits per heavy atom. The lowest BCUT2D eigenvalue weighted by Crippen LogP contribution is -2.48. The van der Waals surface area contributed by atoms with Crippen molar-refractivity contribution in [1.82, 2.24) is 14.4 Å². The second kappa shape index (κ2) is 7.33. The molecule has 0 spiro atoms. The van der Waals surface area contributed by atoms with Crippen LogP contribution in [0, 0.1) is 5.82 Å². The van der Waals surface area contributed by atoms with Gasteiger partial charge in [0.1, 0.15) is 11.6 Å². The highest BCUT2D eigenvalue weighted by molar-refractivity contribution is 7.89. The molecule has 0 radical (unpaired) electrons. The molecular weight excluding hydrogens is 385 g/mol. The third-order valence-electron chi connectivity index (χ3n) is 4.67. The molecule has 1 aromatic heterocycles. The molecule has 0 atom stereocenters. The van der Waals surface area contributed by atoms with Crippen molar-refractivity contribution in [3.63, 3.8) is 0 Å². The number of methoxy groups -OCH3 is 1. The van der Waals surface area contributed by atoms with Gasteiger partial charge in [-0.15, -0.1) is 0 Å². The zero-order chi connectivity index (χ0) is 19.7. The Hall–Kier alpha value is -2.78. The van der Waals surface area contributed by atoms with E-state index < -0.39 is 15.8 Å². The third kappa shape index (κ3) is 3.50. The predicted octanol–water partition coefficient (Wildman–Crippen LogP) is 2.60. The van der Waals surface area contributed by atoms with E-state index in [0.29, 0.717) is 18.1 Å². The molecule has 2 heterocycles. The van der Waals surface area contributed by atoms with Crippen molar-refractivity contribution < 1.29 is 22.1 Å². The van der Waals surface area contributed by atoms with E-state index in [1.807, 2.05) is 24.3 Å². The van der Waals surface area contributed by atoms with Crippen molar-refractivity contribution in [3.8, 4) is 5.75 Å². The lowest BCUT2D eigenvalue weighted by molar-refractivity contribution is 0.216. The molecule has 9 heteroatoms. The smallest absolute Gasteiger partial charge is 0.243 e. The highest BCUT2D eigenvalue weighted by atomic mass is 32.2. The van der Waals surface area contributed by atoms with Crippen LogP contribution in [0.15, 0.2) is 57.9 Å². The highest BCUT2D eigenvalue weighted by Gasteiger charge is 2.40. The van der Waals surface area contributed by atoms with Gasteiger partial charge in [-0.25, -0.2) is 12.8 Å². The summed E-state index contributed by atoms with van der Waals surface area (Å²) in [5.74, 6) is 1.03. The Balaban J connectivity index is 1.42. The number of halogens is 1. The number of rotatable bonds is 6. The second-order valence-corrected chi connectivity index (χ2v) is 8.45. The first-order chi connectivity index (χ1) is 13.5. The first-order valence-corrected chi connectivity index (χ1v) is 10.1. The first-order valence-electron chi connectivity index (χ1n) is 8.67. The molecule has 0 N–H and O–H groups in total. The fraction of sp³-hybridized carbons (Fsp3) is 0.263. The quantitative estimate of drug-likeness (QED) is 0.629. The standard InChI is InChI=1S/C19H18FN3O4S/c1-26-17-5-3-2-4-13(17)10-18-21-19(27-22-18)14-11-23(12-14)28(24,25)16-8-6-15(20)7-9-16/h2-9,14H,10-12H2,1H3. The van der Waals surface area contributed by atoms with E-state index in [1.165, 1.54) is 16.4 Å². The Bertz CT molecular complexity index is 1080. The molecule has 0 bridgehead atoms. The predicted molar refractivity (Wildman–Crippen MR) is 98.0 cm³/mol. The average molecular weight is 403 g/mol. The number of nitrogens with zero attached hydrogens (tertiary/aromatic N) is 3. The Morgan fingerprint density at radius 2 is 1.89 bits per heavy atom. The van der Waals surface area contributed by atoms with Crippen LogP contribution >= 0.6 is 0 Å². The van der Waals surface area contributed by atoms with Crippen LogP contribution in [-0.2, 0) is 16.4 Å². The van der Waals surface area contributed by atoms with E-state index in [9.17, 15) is 12.8 Å². The van der Waals surface area contributed by atoms with Gasteiger partial charge in [0.05, 0.1) is 17.9 Å². The Morgan fingerprint density at radius 1 is 1.18 bits per heavy atom. The van der Waals surface area contributed by atoms with Crippen molar-refractivity contribution >= 4 is 10.0 Å². The largest absolute Gasteiger partial charge is 0.496 e. The zero-order valence-electron chi connectivity index (χ0n) is 15.1. The molecular formula is C19H18FN3O4S. The van der Waals surface area contributed by atoms with E-state index in [0.717, 1.165) is 23.4 Å². The Labute approximate surface area is 161 Å². The second-order valence-electron chi connectivity index (χ2n) is 6.51. The number of hydrogen-bond acceptors (Lipinski definition) is 6. The van der Waals surface area contributed by atoms with Crippen LogP contribution in [0.25, 0.3) is 0 Å². The summed E-state index contributed by atoms with van der Waals surface area (Å²) in [5, 5.41) is 3.99. The van der Waals surface area contributed by atoms with Crippen molar-refractivity contribution in [2.75, 3.05) is 20.2 Å². The summed E-state index contributed by atoms with van der Waals surface area (Å²) in [7, 11) is -2.05. The van der Waals surface area contributed by atoms with Crippen LogP contribution in [-0.4, -0.2) is 43.1 Å². The summed E-state index contributed by atoms with van der Waals surface area (Å²) < 4.78 is 50.1. The lowest BCUT2D eigenvalue weighted by Gasteiger charge is -2.35. The topological polar surface area (TPSA) is 85.5 Å². The summed E-state index contributed by atoms with van der Waals surface area (Å²) in [6, 6.07) is 12.4. The number of para-hydroxylation sites is 1. The monoisotopic (exact) mass is 403 g/mol. The van der Waals surface area contributed by atoms with E-state index in [-0.39, 0.29) is 23.9 Å². The minimum atomic E-state index is -3.65. The third-order valence-corrected chi connectivity index (χ3v) is 6.52. The summed E-state index contributed by atoms with van der Waals surface area (Å²) >= 11 is 0. The maximum atomic E-state index is 13.0. The molecule has 28 heavy (non-hydrogen) atoms. The highest BCUT2D eigenvalue weighted by Crippen LogP contribution is 2.31. The fourth-order valence-corrected chi connectivity index (χ4v) is 4.60. The molecule has 0 saturated carbocycles. The van der Waals surface area contributed by atoms with Crippen molar-refractivity contribution in [2.45, 2.75) is 17.2 Å². The molecule has 7 nitrogen and oxygen atoms in total. The van der Waals surface area contributed by atoms with Crippen LogP contribution < -0.4 is 4.74 Å². The van der Waals surface area contributed by atoms with Crippen LogP contribution in [0.1, 0.15) is 23.2 Å². The molecule has 1 aliphatic rings. The summed E-state index contributed by atoms with van der Waals surface area (Å²) in [4.78, 5) is 4.46. The van der Waals surface area contributed by atoms with Gasteiger partial charge in [-0.05, 0) is 30.3 Å². The van der Waals surface area contributed by atoms with Gasteiger partial charge in [0.2, 0.25) is 15.9 Å². The van der Waals surface area contributed by atoms with Crippen LogP contribution in [0.2, 0.25) is 0 Å². The minimum absolute atomic E-state index is 0.0646. The molecule has 0 aliphatic carbocycles. The molecule has 1 aliphatic heterocycles. The van der Waals surface area contributed by atoms with Crippen molar-refractivity contribution in [2.24, 2.45) is 0 Å². The average Bonchev–Trinajstić information content (AvgIpc) is 3.09. The number of sulfonamides is 1.